The summed E-state index contributed by atoms with van der Waals surface area (Å²) in [6.07, 6.45) is -0.816. The Morgan fingerprint density at radius 2 is 1.59 bits per heavy atom. The summed E-state index contributed by atoms with van der Waals surface area (Å²) >= 11 is 6.22. The number of fused-ring (bicyclic) bond motifs is 1. The number of anilines is 1. The lowest BCUT2D eigenvalue weighted by Gasteiger charge is -2.16. The zero-order valence-electron chi connectivity index (χ0n) is 17.9. The molecular formula is C26H22ClNO4. The molecule has 0 radical (unpaired) electrons. The standard InChI is InChI=1S/C26H22ClNO4/c1-15-13-19(14-16(2)22(15)27)31-17(3)26(30)28-23-20-11-7-8-12-21(20)32-25(23)24(29)18-9-5-4-6-10-18/h4-14,17H,1-3H3,(H,28,30). The van der Waals surface area contributed by atoms with Crippen LogP contribution in [0.5, 0.6) is 5.75 Å². The summed E-state index contributed by atoms with van der Waals surface area (Å²) < 4.78 is 11.7. The number of benzene rings is 3. The smallest absolute Gasteiger partial charge is 0.265 e. The van der Waals surface area contributed by atoms with Gasteiger partial charge >= 0.3 is 0 Å². The number of rotatable bonds is 6. The average molecular weight is 448 g/mol. The molecule has 1 heterocycles. The number of hydrogen-bond donors (Lipinski definition) is 1. The van der Waals surface area contributed by atoms with Crippen LogP contribution in [0.2, 0.25) is 5.02 Å². The van der Waals surface area contributed by atoms with Crippen molar-refractivity contribution in [1.29, 1.82) is 0 Å². The van der Waals surface area contributed by atoms with E-state index in [1.165, 1.54) is 0 Å². The van der Waals surface area contributed by atoms with Crippen LogP contribution in [-0.4, -0.2) is 17.8 Å². The highest BCUT2D eigenvalue weighted by Gasteiger charge is 2.25. The highest BCUT2D eigenvalue weighted by atomic mass is 35.5. The van der Waals surface area contributed by atoms with Gasteiger partial charge in [-0.05, 0) is 56.2 Å². The van der Waals surface area contributed by atoms with Crippen LogP contribution in [0.3, 0.4) is 0 Å². The fourth-order valence-electron chi connectivity index (χ4n) is 3.51. The van der Waals surface area contributed by atoms with Crippen molar-refractivity contribution in [3.63, 3.8) is 0 Å². The molecule has 32 heavy (non-hydrogen) atoms. The highest BCUT2D eigenvalue weighted by molar-refractivity contribution is 6.32. The lowest BCUT2D eigenvalue weighted by Crippen LogP contribution is -2.30. The third-order valence-corrected chi connectivity index (χ3v) is 5.77. The highest BCUT2D eigenvalue weighted by Crippen LogP contribution is 2.33. The summed E-state index contributed by atoms with van der Waals surface area (Å²) in [4.78, 5) is 26.1. The van der Waals surface area contributed by atoms with Crippen LogP contribution in [-0.2, 0) is 4.79 Å². The lowest BCUT2D eigenvalue weighted by molar-refractivity contribution is -0.122. The number of para-hydroxylation sites is 1. The first-order chi connectivity index (χ1) is 15.3. The number of furan rings is 1. The normalized spacial score (nSPS) is 11.9. The molecule has 162 valence electrons. The summed E-state index contributed by atoms with van der Waals surface area (Å²) in [6, 6.07) is 19.6. The van der Waals surface area contributed by atoms with Crippen molar-refractivity contribution in [3.8, 4) is 5.75 Å². The second-order valence-corrected chi connectivity index (χ2v) is 8.00. The maximum atomic E-state index is 13.1. The van der Waals surface area contributed by atoms with Gasteiger partial charge in [0.1, 0.15) is 11.3 Å². The number of carbonyl (C=O) groups is 2. The van der Waals surface area contributed by atoms with Crippen molar-refractivity contribution in [2.24, 2.45) is 0 Å². The number of amides is 1. The minimum Gasteiger partial charge on any atom is -0.481 e. The number of halogens is 1. The Hall–Kier alpha value is -3.57. The van der Waals surface area contributed by atoms with Gasteiger partial charge in [-0.1, -0.05) is 54.1 Å². The molecule has 0 aliphatic heterocycles. The van der Waals surface area contributed by atoms with E-state index in [0.29, 0.717) is 33.0 Å². The predicted octanol–water partition coefficient (Wildman–Crippen LogP) is 6.34. The molecule has 0 fully saturated rings. The SMILES string of the molecule is Cc1cc(OC(C)C(=O)Nc2c(C(=O)c3ccccc3)oc3ccccc23)cc(C)c1Cl. The van der Waals surface area contributed by atoms with Gasteiger partial charge in [0.05, 0.1) is 5.69 Å². The number of aryl methyl sites for hydroxylation is 2. The minimum absolute atomic E-state index is 0.0798. The van der Waals surface area contributed by atoms with Gasteiger partial charge in [-0.3, -0.25) is 9.59 Å². The second kappa shape index (κ2) is 8.89. The number of nitrogens with one attached hydrogen (secondary N) is 1. The number of ketones is 1. The molecule has 5 nitrogen and oxygen atoms in total. The molecule has 1 atom stereocenters. The molecule has 3 aromatic carbocycles. The Bertz CT molecular complexity index is 1290. The van der Waals surface area contributed by atoms with Crippen molar-refractivity contribution in [2.75, 3.05) is 5.32 Å². The van der Waals surface area contributed by atoms with Gasteiger partial charge in [-0.15, -0.1) is 0 Å². The first-order valence-corrected chi connectivity index (χ1v) is 10.6. The van der Waals surface area contributed by atoms with E-state index in [1.807, 2.05) is 32.0 Å². The molecule has 0 saturated heterocycles. The van der Waals surface area contributed by atoms with Crippen LogP contribution in [0.4, 0.5) is 5.69 Å². The third kappa shape index (κ3) is 4.25. The molecule has 4 aromatic rings. The lowest BCUT2D eigenvalue weighted by atomic mass is 10.1. The van der Waals surface area contributed by atoms with E-state index in [4.69, 9.17) is 20.8 Å². The molecule has 4 rings (SSSR count). The predicted molar refractivity (Wildman–Crippen MR) is 126 cm³/mol. The molecule has 0 aliphatic rings. The first kappa shape index (κ1) is 21.7. The van der Waals surface area contributed by atoms with E-state index < -0.39 is 12.0 Å². The molecule has 0 saturated carbocycles. The van der Waals surface area contributed by atoms with E-state index >= 15 is 0 Å². The van der Waals surface area contributed by atoms with Crippen LogP contribution >= 0.6 is 11.6 Å². The van der Waals surface area contributed by atoms with Crippen molar-refractivity contribution in [1.82, 2.24) is 0 Å². The fraction of sp³-hybridized carbons (Fsp3) is 0.154. The maximum Gasteiger partial charge on any atom is 0.265 e. The van der Waals surface area contributed by atoms with E-state index in [2.05, 4.69) is 5.32 Å². The molecule has 0 aliphatic carbocycles. The summed E-state index contributed by atoms with van der Waals surface area (Å²) in [5.41, 5.74) is 3.05. The summed E-state index contributed by atoms with van der Waals surface area (Å²) in [5.74, 6) is -0.0839. The topological polar surface area (TPSA) is 68.5 Å². The molecule has 0 spiro atoms. The van der Waals surface area contributed by atoms with Crippen LogP contribution in [0.25, 0.3) is 11.0 Å². The van der Waals surface area contributed by atoms with Crippen molar-refractivity contribution in [3.05, 3.63) is 94.2 Å². The summed E-state index contributed by atoms with van der Waals surface area (Å²) in [7, 11) is 0. The van der Waals surface area contributed by atoms with Gasteiger partial charge in [0.2, 0.25) is 5.78 Å². The third-order valence-electron chi connectivity index (χ3n) is 5.18. The zero-order chi connectivity index (χ0) is 22.8. The minimum atomic E-state index is -0.816. The van der Waals surface area contributed by atoms with Gasteiger partial charge < -0.3 is 14.5 Å². The second-order valence-electron chi connectivity index (χ2n) is 7.62. The van der Waals surface area contributed by atoms with E-state index in [0.717, 1.165) is 11.1 Å². The van der Waals surface area contributed by atoms with Gasteiger partial charge in [-0.2, -0.15) is 0 Å². The van der Waals surface area contributed by atoms with Gasteiger partial charge in [-0.25, -0.2) is 0 Å². The quantitative estimate of drug-likeness (QED) is 0.350. The molecule has 1 unspecified atom stereocenters. The van der Waals surface area contributed by atoms with E-state index in [1.54, 1.807) is 55.5 Å². The Kier molecular flexibility index (Phi) is 6.01. The number of carbonyl (C=O) groups excluding carboxylic acids is 2. The largest absolute Gasteiger partial charge is 0.481 e. The Labute approximate surface area is 191 Å². The van der Waals surface area contributed by atoms with Gasteiger partial charge in [0.25, 0.3) is 5.91 Å². The van der Waals surface area contributed by atoms with Crippen LogP contribution in [0.1, 0.15) is 34.2 Å². The first-order valence-electron chi connectivity index (χ1n) is 10.2. The zero-order valence-corrected chi connectivity index (χ0v) is 18.7. The Morgan fingerprint density at radius 1 is 0.969 bits per heavy atom. The van der Waals surface area contributed by atoms with Crippen LogP contribution in [0, 0.1) is 13.8 Å². The van der Waals surface area contributed by atoms with Gasteiger partial charge in [0.15, 0.2) is 11.9 Å². The monoisotopic (exact) mass is 447 g/mol. The van der Waals surface area contributed by atoms with E-state index in [-0.39, 0.29) is 11.5 Å². The molecule has 1 amide bonds. The van der Waals surface area contributed by atoms with Crippen LogP contribution < -0.4 is 10.1 Å². The number of hydrogen-bond acceptors (Lipinski definition) is 4. The van der Waals surface area contributed by atoms with Crippen molar-refractivity contribution >= 4 is 39.9 Å². The molecular weight excluding hydrogens is 426 g/mol. The molecule has 1 N–H and O–H groups in total. The Balaban J connectivity index is 1.63. The van der Waals surface area contributed by atoms with E-state index in [9.17, 15) is 9.59 Å². The molecule has 0 bridgehead atoms. The fourth-order valence-corrected chi connectivity index (χ4v) is 3.62. The average Bonchev–Trinajstić information content (AvgIpc) is 3.15. The van der Waals surface area contributed by atoms with Crippen molar-refractivity contribution < 1.29 is 18.7 Å². The summed E-state index contributed by atoms with van der Waals surface area (Å²) in [6.45, 7) is 5.41. The Morgan fingerprint density at radius 3 is 2.28 bits per heavy atom. The van der Waals surface area contributed by atoms with Crippen LogP contribution in [0.15, 0.2) is 71.1 Å². The molecule has 6 heteroatoms. The van der Waals surface area contributed by atoms with Gasteiger partial charge in [0, 0.05) is 16.0 Å². The molecule has 1 aromatic heterocycles. The maximum absolute atomic E-state index is 13.1. The van der Waals surface area contributed by atoms with Crippen molar-refractivity contribution in [2.45, 2.75) is 26.9 Å². The number of ether oxygens (including phenoxy) is 1. The summed E-state index contributed by atoms with van der Waals surface area (Å²) in [5, 5.41) is 4.15.